The van der Waals surface area contributed by atoms with E-state index in [0.29, 0.717) is 19.3 Å². The van der Waals surface area contributed by atoms with Crippen molar-refractivity contribution in [1.29, 1.82) is 0 Å². The Morgan fingerprint density at radius 2 is 0.923 bits per heavy atom. The summed E-state index contributed by atoms with van der Waals surface area (Å²) >= 11 is 0. The molecule has 1 aliphatic heterocycles. The number of carbonyl (C=O) groups excluding carboxylic acids is 2. The fourth-order valence-electron chi connectivity index (χ4n) is 8.54. The number of unbranched alkanes of at least 4 members (excludes halogenated alkanes) is 15. The first-order valence-electron chi connectivity index (χ1n) is 30.5. The topological polar surface area (TPSA) is 175 Å². The Hall–Kier alpha value is -4.20. The zero-order chi connectivity index (χ0) is 56.8. The Kier molecular flexibility index (Phi) is 49.2. The summed E-state index contributed by atoms with van der Waals surface area (Å²) < 4.78 is 17.5. The molecule has 0 radical (unpaired) electrons. The van der Waals surface area contributed by atoms with Crippen molar-refractivity contribution in [2.75, 3.05) is 13.2 Å². The van der Waals surface area contributed by atoms with Gasteiger partial charge in [-0.2, -0.15) is 0 Å². The minimum absolute atomic E-state index is 0.0349. The fourth-order valence-corrected chi connectivity index (χ4v) is 8.54. The van der Waals surface area contributed by atoms with Gasteiger partial charge in [0, 0.05) is 6.42 Å². The quantitative estimate of drug-likeness (QED) is 0.0195. The fraction of sp³-hybridized carbons (Fsp3) is 0.642. The number of carbonyl (C=O) groups is 2. The molecule has 1 saturated heterocycles. The van der Waals surface area contributed by atoms with Gasteiger partial charge in [-0.3, -0.25) is 9.59 Å². The van der Waals surface area contributed by atoms with E-state index in [0.717, 1.165) is 116 Å². The smallest absolute Gasteiger partial charge is 0.306 e. The average molecular weight is 1090 g/mol. The Balaban J connectivity index is 2.75. The van der Waals surface area contributed by atoms with E-state index in [4.69, 9.17) is 14.2 Å². The van der Waals surface area contributed by atoms with Gasteiger partial charge in [-0.25, -0.2) is 0 Å². The molecule has 0 saturated carbocycles. The van der Waals surface area contributed by atoms with Gasteiger partial charge in [0.1, 0.15) is 24.4 Å². The Labute approximate surface area is 473 Å². The third-order valence-electron chi connectivity index (χ3n) is 13.3. The van der Waals surface area contributed by atoms with E-state index in [2.05, 4.69) is 135 Å². The molecular weight excluding hydrogens is 979 g/mol. The molecule has 8 atom stereocenters. The minimum atomic E-state index is -1.65. The summed E-state index contributed by atoms with van der Waals surface area (Å²) in [6.07, 6.45) is 64.9. The van der Waals surface area contributed by atoms with Crippen molar-refractivity contribution in [3.8, 4) is 0 Å². The molecule has 1 rings (SSSR count). The number of esters is 1. The molecule has 1 aliphatic rings. The molecule has 1 fully saturated rings. The SMILES string of the molecule is CC/C=C\C/C=C\C/C=C\C/C=C\C/C=C\CCCCCCC(O)C(=O)NC(COC1OC(CO)C(O)C(O)C1OC(=O)CCC/C=C\C/C=C\C/C=C\C/C=C\C/C=C\CC)C(O)/C=C/CCCCCCCCCCCC. The van der Waals surface area contributed by atoms with E-state index in [9.17, 15) is 35.1 Å². The third kappa shape index (κ3) is 40.9. The summed E-state index contributed by atoms with van der Waals surface area (Å²) in [6.45, 7) is 5.49. The third-order valence-corrected chi connectivity index (χ3v) is 13.3. The number of aliphatic hydroxyl groups excluding tert-OH is 5. The molecule has 0 aromatic heterocycles. The molecule has 11 nitrogen and oxygen atoms in total. The van der Waals surface area contributed by atoms with Gasteiger partial charge in [0.05, 0.1) is 25.4 Å². The molecule has 442 valence electrons. The maximum Gasteiger partial charge on any atom is 0.306 e. The van der Waals surface area contributed by atoms with Crippen LogP contribution in [0, 0.1) is 0 Å². The Bertz CT molecular complexity index is 1770. The number of amides is 1. The monoisotopic (exact) mass is 1090 g/mol. The lowest BCUT2D eigenvalue weighted by molar-refractivity contribution is -0.305. The van der Waals surface area contributed by atoms with Gasteiger partial charge in [0.2, 0.25) is 5.91 Å². The highest BCUT2D eigenvalue weighted by atomic mass is 16.7. The van der Waals surface area contributed by atoms with Gasteiger partial charge in [-0.15, -0.1) is 0 Å². The number of aliphatic hydroxyl groups is 5. The molecule has 8 unspecified atom stereocenters. The van der Waals surface area contributed by atoms with Gasteiger partial charge >= 0.3 is 5.97 Å². The number of ether oxygens (including phenoxy) is 3. The van der Waals surface area contributed by atoms with Gasteiger partial charge < -0.3 is 45.1 Å². The molecule has 1 amide bonds. The number of nitrogens with one attached hydrogen (secondary N) is 1. The van der Waals surface area contributed by atoms with Crippen molar-refractivity contribution in [2.45, 2.75) is 262 Å². The van der Waals surface area contributed by atoms with E-state index < -0.39 is 67.4 Å². The molecule has 1 heterocycles. The van der Waals surface area contributed by atoms with E-state index in [-0.39, 0.29) is 19.4 Å². The summed E-state index contributed by atoms with van der Waals surface area (Å²) in [7, 11) is 0. The van der Waals surface area contributed by atoms with Crippen LogP contribution in [-0.2, 0) is 23.8 Å². The van der Waals surface area contributed by atoms with E-state index in [1.807, 2.05) is 18.2 Å². The second kappa shape index (κ2) is 53.4. The standard InChI is InChI=1S/C67H109NO10/c1-4-7-10-13-16-19-22-25-27-29-30-31-33-34-36-39-42-45-48-51-54-60(71)66(75)68-58(59(70)53-50-47-44-41-38-24-21-18-15-12-9-6-3)57-76-67-65(64(74)63(73)61(56-69)77-67)78-62(72)55-52-49-46-43-40-37-35-32-28-26-23-20-17-14-11-8-5-2/h7-8,10-11,16-17,19-20,25-28,30-31,34-37,43,46,50,53,58-61,63-65,67,69-71,73-74H,4-6,9,12-15,18,21-24,29,32-33,38-42,44-45,47-49,51-52,54-57H2,1-3H3,(H,68,75)/b10-7-,11-8-,19-16-,20-17-,27-25-,28-26-,31-30-,36-34-,37-35-,46-43-,53-50+. The predicted molar refractivity (Wildman–Crippen MR) is 324 cm³/mol. The van der Waals surface area contributed by atoms with Crippen molar-refractivity contribution in [3.63, 3.8) is 0 Å². The average Bonchev–Trinajstić information content (AvgIpc) is 3.44. The Morgan fingerprint density at radius 1 is 0.513 bits per heavy atom. The first kappa shape index (κ1) is 71.8. The lowest BCUT2D eigenvalue weighted by atomic mass is 9.99. The van der Waals surface area contributed by atoms with E-state index >= 15 is 0 Å². The van der Waals surface area contributed by atoms with Crippen molar-refractivity contribution in [2.24, 2.45) is 0 Å². The first-order chi connectivity index (χ1) is 38.2. The van der Waals surface area contributed by atoms with Crippen LogP contribution in [0.1, 0.15) is 213 Å². The zero-order valence-corrected chi connectivity index (χ0v) is 48.7. The largest absolute Gasteiger partial charge is 0.454 e. The number of allylic oxidation sites excluding steroid dienone is 21. The molecule has 11 heteroatoms. The van der Waals surface area contributed by atoms with Crippen molar-refractivity contribution < 1.29 is 49.3 Å². The maximum atomic E-state index is 13.4. The second-order valence-corrected chi connectivity index (χ2v) is 20.3. The van der Waals surface area contributed by atoms with Crippen molar-refractivity contribution in [3.05, 3.63) is 134 Å². The number of rotatable bonds is 49. The molecule has 78 heavy (non-hydrogen) atoms. The van der Waals surface area contributed by atoms with Gasteiger partial charge in [0.25, 0.3) is 0 Å². The highest BCUT2D eigenvalue weighted by Gasteiger charge is 2.47. The lowest BCUT2D eigenvalue weighted by Crippen LogP contribution is -2.61. The maximum absolute atomic E-state index is 13.4. The highest BCUT2D eigenvalue weighted by molar-refractivity contribution is 5.80. The first-order valence-corrected chi connectivity index (χ1v) is 30.5. The van der Waals surface area contributed by atoms with Crippen molar-refractivity contribution >= 4 is 11.9 Å². The van der Waals surface area contributed by atoms with Crippen LogP contribution in [0.25, 0.3) is 0 Å². The van der Waals surface area contributed by atoms with Gasteiger partial charge in [0.15, 0.2) is 12.4 Å². The Morgan fingerprint density at radius 3 is 1.38 bits per heavy atom. The predicted octanol–water partition coefficient (Wildman–Crippen LogP) is 14.4. The molecule has 0 aromatic carbocycles. The summed E-state index contributed by atoms with van der Waals surface area (Å²) in [5.74, 6) is -1.29. The molecule has 0 aliphatic carbocycles. The summed E-state index contributed by atoms with van der Waals surface area (Å²) in [5, 5.41) is 56.9. The van der Waals surface area contributed by atoms with Crippen LogP contribution in [0.5, 0.6) is 0 Å². The van der Waals surface area contributed by atoms with E-state index in [1.165, 1.54) is 44.9 Å². The number of hydrogen-bond acceptors (Lipinski definition) is 10. The van der Waals surface area contributed by atoms with Crippen LogP contribution in [-0.4, -0.2) is 99.6 Å². The van der Waals surface area contributed by atoms with Crippen LogP contribution in [0.4, 0.5) is 0 Å². The zero-order valence-electron chi connectivity index (χ0n) is 48.7. The van der Waals surface area contributed by atoms with Crippen LogP contribution in [0.2, 0.25) is 0 Å². The molecule has 6 N–H and O–H groups in total. The normalized spacial score (nSPS) is 19.9. The molecule has 0 aromatic rings. The summed E-state index contributed by atoms with van der Waals surface area (Å²) in [5.41, 5.74) is 0. The van der Waals surface area contributed by atoms with Crippen molar-refractivity contribution in [1.82, 2.24) is 5.32 Å². The highest BCUT2D eigenvalue weighted by Crippen LogP contribution is 2.26. The van der Waals surface area contributed by atoms with E-state index in [1.54, 1.807) is 6.08 Å². The van der Waals surface area contributed by atoms with Gasteiger partial charge in [-0.05, 0) is 109 Å². The summed E-state index contributed by atoms with van der Waals surface area (Å²) in [4.78, 5) is 26.5. The molecular formula is C67H109NO10. The van der Waals surface area contributed by atoms with Crippen LogP contribution >= 0.6 is 0 Å². The summed E-state index contributed by atoms with van der Waals surface area (Å²) in [6, 6.07) is -1.06. The lowest BCUT2D eigenvalue weighted by Gasteiger charge is -2.41. The number of hydrogen-bond donors (Lipinski definition) is 6. The molecule has 0 bridgehead atoms. The van der Waals surface area contributed by atoms with Gasteiger partial charge in [-0.1, -0.05) is 231 Å². The second-order valence-electron chi connectivity index (χ2n) is 20.3. The molecule has 0 spiro atoms. The van der Waals surface area contributed by atoms with Crippen LogP contribution in [0.3, 0.4) is 0 Å². The minimum Gasteiger partial charge on any atom is -0.454 e. The van der Waals surface area contributed by atoms with Crippen LogP contribution < -0.4 is 5.32 Å². The van der Waals surface area contributed by atoms with Crippen LogP contribution in [0.15, 0.2) is 134 Å².